The highest BCUT2D eigenvalue weighted by atomic mass is 16.5. The number of hydrogen-bond acceptors (Lipinski definition) is 4. The Labute approximate surface area is 145 Å². The number of aryl methyl sites for hydroxylation is 1. The fourth-order valence-corrected chi connectivity index (χ4v) is 2.35. The van der Waals surface area contributed by atoms with Crippen molar-refractivity contribution in [2.24, 2.45) is 7.05 Å². The Morgan fingerprint density at radius 3 is 2.92 bits per heavy atom. The van der Waals surface area contributed by atoms with Crippen LogP contribution < -0.4 is 10.1 Å². The molecule has 0 aliphatic heterocycles. The van der Waals surface area contributed by atoms with Crippen LogP contribution in [0.5, 0.6) is 5.75 Å². The summed E-state index contributed by atoms with van der Waals surface area (Å²) in [6.45, 7) is 3.99. The first-order valence-corrected chi connectivity index (χ1v) is 7.87. The summed E-state index contributed by atoms with van der Waals surface area (Å²) >= 11 is 0. The molecular weight excluding hydrogens is 318 g/mol. The van der Waals surface area contributed by atoms with E-state index in [1.54, 1.807) is 36.1 Å². The summed E-state index contributed by atoms with van der Waals surface area (Å²) in [6, 6.07) is 12.8. The molecule has 0 saturated heterocycles. The van der Waals surface area contributed by atoms with Crippen molar-refractivity contribution in [3.05, 3.63) is 78.4 Å². The van der Waals surface area contributed by atoms with Crippen LogP contribution >= 0.6 is 0 Å². The molecule has 1 N–H and O–H groups in total. The Balaban J connectivity index is 1.62. The summed E-state index contributed by atoms with van der Waals surface area (Å²) in [6.07, 6.45) is 4.30. The van der Waals surface area contributed by atoms with Gasteiger partial charge < -0.3 is 14.5 Å². The number of ether oxygens (including phenoxy) is 1. The van der Waals surface area contributed by atoms with Crippen LogP contribution in [0.4, 0.5) is 5.82 Å². The number of aromatic nitrogens is 2. The van der Waals surface area contributed by atoms with E-state index in [0.717, 1.165) is 17.7 Å². The Morgan fingerprint density at radius 1 is 1.32 bits per heavy atom. The molecule has 1 amide bonds. The molecule has 3 rings (SSSR count). The van der Waals surface area contributed by atoms with Gasteiger partial charge in [0.2, 0.25) is 0 Å². The summed E-state index contributed by atoms with van der Waals surface area (Å²) in [7, 11) is 1.78. The average molecular weight is 337 g/mol. The number of hydrogen-bond donors (Lipinski definition) is 1. The van der Waals surface area contributed by atoms with Gasteiger partial charge in [-0.25, -0.2) is 0 Å². The van der Waals surface area contributed by atoms with Crippen molar-refractivity contribution in [2.75, 3.05) is 5.32 Å². The Bertz CT molecular complexity index is 879. The summed E-state index contributed by atoms with van der Waals surface area (Å²) in [4.78, 5) is 12.1. The van der Waals surface area contributed by atoms with E-state index in [1.807, 2.05) is 30.3 Å². The molecule has 0 fully saturated rings. The number of furan rings is 1. The van der Waals surface area contributed by atoms with Crippen molar-refractivity contribution in [1.29, 1.82) is 0 Å². The maximum absolute atomic E-state index is 12.1. The van der Waals surface area contributed by atoms with Crippen molar-refractivity contribution in [1.82, 2.24) is 9.78 Å². The van der Waals surface area contributed by atoms with E-state index < -0.39 is 0 Å². The van der Waals surface area contributed by atoms with Crippen LogP contribution in [0.15, 0.2) is 65.7 Å². The third kappa shape index (κ3) is 4.17. The minimum absolute atomic E-state index is 0.212. The molecule has 2 aromatic heterocycles. The third-order valence-corrected chi connectivity index (χ3v) is 3.55. The van der Waals surface area contributed by atoms with Crippen molar-refractivity contribution in [2.45, 2.75) is 13.0 Å². The molecule has 6 heteroatoms. The fourth-order valence-electron chi connectivity index (χ4n) is 2.35. The van der Waals surface area contributed by atoms with Gasteiger partial charge in [0, 0.05) is 19.3 Å². The molecule has 0 atom stereocenters. The second-order valence-corrected chi connectivity index (χ2v) is 5.48. The Morgan fingerprint density at radius 2 is 2.16 bits per heavy atom. The second kappa shape index (κ2) is 7.53. The number of nitrogens with zero attached hydrogens (tertiary/aromatic N) is 2. The summed E-state index contributed by atoms with van der Waals surface area (Å²) < 4.78 is 13.0. The largest absolute Gasteiger partial charge is 0.485 e. The highest BCUT2D eigenvalue weighted by Gasteiger charge is 2.13. The van der Waals surface area contributed by atoms with E-state index in [1.165, 1.54) is 0 Å². The first-order valence-electron chi connectivity index (χ1n) is 7.87. The van der Waals surface area contributed by atoms with Crippen LogP contribution in [0.3, 0.4) is 0 Å². The van der Waals surface area contributed by atoms with E-state index in [-0.39, 0.29) is 18.3 Å². The number of benzene rings is 1. The van der Waals surface area contributed by atoms with Crippen molar-refractivity contribution in [3.8, 4) is 5.75 Å². The topological polar surface area (TPSA) is 69.3 Å². The molecule has 3 aromatic rings. The standard InChI is InChI=1S/C19H19N3O3/c1-3-6-14-7-4-5-8-16(14)24-13-15-9-10-17(25-15)19(23)20-18-11-12-22(2)21-18/h3-5,7-12H,1,6,13H2,2H3,(H,20,21,23). The van der Waals surface area contributed by atoms with Crippen molar-refractivity contribution < 1.29 is 13.9 Å². The number of allylic oxidation sites excluding steroid dienone is 1. The fraction of sp³-hybridized carbons (Fsp3) is 0.158. The summed E-state index contributed by atoms with van der Waals surface area (Å²) in [5.41, 5.74) is 1.05. The molecule has 1 aromatic carbocycles. The lowest BCUT2D eigenvalue weighted by Gasteiger charge is -2.08. The zero-order chi connectivity index (χ0) is 17.6. The van der Waals surface area contributed by atoms with Gasteiger partial charge in [0.15, 0.2) is 11.6 Å². The Kier molecular flexibility index (Phi) is 4.99. The van der Waals surface area contributed by atoms with Gasteiger partial charge >= 0.3 is 0 Å². The normalized spacial score (nSPS) is 10.4. The minimum Gasteiger partial charge on any atom is -0.485 e. The Hall–Kier alpha value is -3.28. The first-order chi connectivity index (χ1) is 12.2. The summed E-state index contributed by atoms with van der Waals surface area (Å²) in [5, 5.41) is 6.77. The number of nitrogens with one attached hydrogen (secondary N) is 1. The lowest BCUT2D eigenvalue weighted by atomic mass is 10.1. The van der Waals surface area contributed by atoms with E-state index in [4.69, 9.17) is 9.15 Å². The zero-order valence-electron chi connectivity index (χ0n) is 13.9. The van der Waals surface area contributed by atoms with Crippen molar-refractivity contribution in [3.63, 3.8) is 0 Å². The molecule has 0 saturated carbocycles. The van der Waals surface area contributed by atoms with Gasteiger partial charge in [0.1, 0.15) is 18.1 Å². The van der Waals surface area contributed by atoms with Crippen LogP contribution in [-0.4, -0.2) is 15.7 Å². The van der Waals surface area contributed by atoms with Crippen molar-refractivity contribution >= 4 is 11.7 Å². The van der Waals surface area contributed by atoms with Crippen LogP contribution in [0, 0.1) is 0 Å². The van der Waals surface area contributed by atoms with Crippen LogP contribution in [-0.2, 0) is 20.1 Å². The molecule has 25 heavy (non-hydrogen) atoms. The quantitative estimate of drug-likeness (QED) is 0.669. The van der Waals surface area contributed by atoms with Gasteiger partial charge in [-0.2, -0.15) is 5.10 Å². The molecule has 0 aliphatic rings. The van der Waals surface area contributed by atoms with Gasteiger partial charge in [-0.3, -0.25) is 9.48 Å². The number of carbonyl (C=O) groups is 1. The van der Waals surface area contributed by atoms with E-state index in [2.05, 4.69) is 17.0 Å². The molecular formula is C19H19N3O3. The van der Waals surface area contributed by atoms with E-state index >= 15 is 0 Å². The highest BCUT2D eigenvalue weighted by molar-refractivity contribution is 6.01. The van der Waals surface area contributed by atoms with Gasteiger partial charge in [0.25, 0.3) is 5.91 Å². The predicted octanol–water partition coefficient (Wildman–Crippen LogP) is 3.57. The predicted molar refractivity (Wildman–Crippen MR) is 94.5 cm³/mol. The van der Waals surface area contributed by atoms with Crippen LogP contribution in [0.2, 0.25) is 0 Å². The van der Waals surface area contributed by atoms with Gasteiger partial charge in [-0.1, -0.05) is 24.3 Å². The molecule has 0 aliphatic carbocycles. The molecule has 0 radical (unpaired) electrons. The number of rotatable bonds is 7. The highest BCUT2D eigenvalue weighted by Crippen LogP contribution is 2.21. The van der Waals surface area contributed by atoms with E-state index in [9.17, 15) is 4.79 Å². The monoisotopic (exact) mass is 337 g/mol. The summed E-state index contributed by atoms with van der Waals surface area (Å²) in [5.74, 6) is 1.68. The number of amides is 1. The number of carbonyl (C=O) groups excluding carboxylic acids is 1. The average Bonchev–Trinajstić information content (AvgIpc) is 3.23. The molecule has 0 unspecified atom stereocenters. The number of para-hydroxylation sites is 1. The molecule has 2 heterocycles. The lowest BCUT2D eigenvalue weighted by molar-refractivity contribution is 0.0992. The first kappa shape index (κ1) is 16.6. The van der Waals surface area contributed by atoms with Gasteiger partial charge in [-0.05, 0) is 30.2 Å². The second-order valence-electron chi connectivity index (χ2n) is 5.48. The SMILES string of the molecule is C=CCc1ccccc1OCc1ccc(C(=O)Nc2ccn(C)n2)o1. The van der Waals surface area contributed by atoms with E-state index in [0.29, 0.717) is 11.6 Å². The van der Waals surface area contributed by atoms with Gasteiger partial charge in [0.05, 0.1) is 0 Å². The molecule has 6 nitrogen and oxygen atoms in total. The van der Waals surface area contributed by atoms with Crippen LogP contribution in [0.1, 0.15) is 21.9 Å². The molecule has 0 bridgehead atoms. The van der Waals surface area contributed by atoms with Crippen LogP contribution in [0.25, 0.3) is 0 Å². The maximum Gasteiger partial charge on any atom is 0.292 e. The molecule has 128 valence electrons. The smallest absolute Gasteiger partial charge is 0.292 e. The van der Waals surface area contributed by atoms with Gasteiger partial charge in [-0.15, -0.1) is 6.58 Å². The molecule has 0 spiro atoms. The lowest BCUT2D eigenvalue weighted by Crippen LogP contribution is -2.11. The maximum atomic E-state index is 12.1. The third-order valence-electron chi connectivity index (χ3n) is 3.55. The number of anilines is 1. The zero-order valence-corrected chi connectivity index (χ0v) is 13.9. The minimum atomic E-state index is -0.350.